The normalized spacial score (nSPS) is 13.1. The van der Waals surface area contributed by atoms with Crippen LogP contribution in [0.2, 0.25) is 0 Å². The molecule has 0 aliphatic carbocycles. The molecule has 0 bridgehead atoms. The predicted molar refractivity (Wildman–Crippen MR) is 159 cm³/mol. The molecule has 1 amide bonds. The van der Waals surface area contributed by atoms with E-state index in [-0.39, 0.29) is 23.5 Å². The van der Waals surface area contributed by atoms with Gasteiger partial charge in [-0.1, -0.05) is 30.3 Å². The summed E-state index contributed by atoms with van der Waals surface area (Å²) in [6.45, 7) is 3.01. The van der Waals surface area contributed by atoms with Crippen molar-refractivity contribution >= 4 is 42.4 Å². The quantitative estimate of drug-likeness (QED) is 0.270. The summed E-state index contributed by atoms with van der Waals surface area (Å²) in [5.74, 6) is -0.642. The molecule has 1 unspecified atom stereocenters. The van der Waals surface area contributed by atoms with E-state index in [1.807, 2.05) is 30.3 Å². The fraction of sp³-hybridized carbons (Fsp3) is 0.276. The number of amides is 1. The monoisotopic (exact) mass is 601 g/mol. The summed E-state index contributed by atoms with van der Waals surface area (Å²) in [7, 11) is -6.05. The van der Waals surface area contributed by atoms with Crippen LogP contribution in [0.4, 0.5) is 10.1 Å². The van der Waals surface area contributed by atoms with E-state index in [0.717, 1.165) is 22.4 Å². The van der Waals surface area contributed by atoms with Gasteiger partial charge in [0.05, 0.1) is 11.8 Å². The average molecular weight is 602 g/mol. The van der Waals surface area contributed by atoms with Crippen LogP contribution in [0.15, 0.2) is 71.1 Å². The van der Waals surface area contributed by atoms with E-state index in [1.165, 1.54) is 31.3 Å². The van der Waals surface area contributed by atoms with Crippen molar-refractivity contribution in [2.75, 3.05) is 31.4 Å². The molecule has 0 aliphatic heterocycles. The van der Waals surface area contributed by atoms with Crippen molar-refractivity contribution in [1.29, 1.82) is 0 Å². The van der Waals surface area contributed by atoms with Gasteiger partial charge in [-0.05, 0) is 49.7 Å². The van der Waals surface area contributed by atoms with Gasteiger partial charge in [0.1, 0.15) is 22.5 Å². The van der Waals surface area contributed by atoms with Gasteiger partial charge in [-0.15, -0.1) is 0 Å². The first-order valence-electron chi connectivity index (χ1n) is 12.8. The number of sulfonamides is 1. The second-order valence-corrected chi connectivity index (χ2v) is 14.2. The Balaban J connectivity index is 1.96. The second-order valence-electron chi connectivity index (χ2n) is 10.0. The number of anilines is 1. The van der Waals surface area contributed by atoms with E-state index in [1.54, 1.807) is 26.0 Å². The average Bonchev–Trinajstić information content (AvgIpc) is 3.27. The largest absolute Gasteiger partial charge is 0.455 e. The maximum Gasteiger partial charge on any atom is 0.255 e. The third kappa shape index (κ3) is 6.61. The Hall–Kier alpha value is -3.74. The number of fused-ring (bicyclic) bond motifs is 1. The fourth-order valence-corrected chi connectivity index (χ4v) is 6.68. The van der Waals surface area contributed by atoms with Crippen molar-refractivity contribution in [3.05, 3.63) is 78.1 Å². The summed E-state index contributed by atoms with van der Waals surface area (Å²) in [6, 6.07) is 17.5. The lowest BCUT2D eigenvalue weighted by Gasteiger charge is -2.29. The Labute approximate surface area is 239 Å². The Morgan fingerprint density at radius 3 is 2.12 bits per heavy atom. The van der Waals surface area contributed by atoms with Gasteiger partial charge in [0.25, 0.3) is 5.91 Å². The number of nitrogens with one attached hydrogen (secondary N) is 2. The lowest BCUT2D eigenvalue weighted by atomic mass is 9.98. The number of carbonyl (C=O) groups excluding carboxylic acids is 1. The number of hydrogen-bond donors (Lipinski definition) is 2. The van der Waals surface area contributed by atoms with Crippen LogP contribution in [0.1, 0.15) is 24.2 Å². The lowest BCUT2D eigenvalue weighted by molar-refractivity contribution is 0.0964. The van der Waals surface area contributed by atoms with Gasteiger partial charge in [0.15, 0.2) is 9.84 Å². The molecule has 41 heavy (non-hydrogen) atoms. The molecule has 0 saturated carbocycles. The van der Waals surface area contributed by atoms with E-state index in [0.29, 0.717) is 22.2 Å². The van der Waals surface area contributed by atoms with Gasteiger partial charge in [-0.25, -0.2) is 21.2 Å². The maximum atomic E-state index is 13.6. The van der Waals surface area contributed by atoms with Crippen molar-refractivity contribution in [2.24, 2.45) is 0 Å². The van der Waals surface area contributed by atoms with Crippen LogP contribution in [-0.2, 0) is 19.9 Å². The standard InChI is InChI=1S/C29H32FN3O6S2/c1-18(2)33(41(5,37)38)17-26(40(4,35)36)32-24-16-25-23(15-22(24)19-9-7-6-8-10-19)27(29(34)31-3)28(39-25)20-11-13-21(30)14-12-20/h6-16,18,26,32H,17H2,1-5H3,(H,31,34). The van der Waals surface area contributed by atoms with E-state index < -0.39 is 43.0 Å². The van der Waals surface area contributed by atoms with Crippen molar-refractivity contribution < 1.29 is 30.4 Å². The summed E-state index contributed by atoms with van der Waals surface area (Å²) in [4.78, 5) is 13.1. The minimum Gasteiger partial charge on any atom is -0.455 e. The van der Waals surface area contributed by atoms with Gasteiger partial charge in [0, 0.05) is 54.2 Å². The number of halogens is 1. The molecule has 0 fully saturated rings. The number of furan rings is 1. The molecule has 1 aromatic heterocycles. The first-order chi connectivity index (χ1) is 19.2. The molecule has 0 radical (unpaired) electrons. The molecule has 12 heteroatoms. The fourth-order valence-electron chi connectivity index (χ4n) is 4.63. The van der Waals surface area contributed by atoms with Crippen molar-refractivity contribution in [3.63, 3.8) is 0 Å². The Morgan fingerprint density at radius 1 is 0.951 bits per heavy atom. The van der Waals surface area contributed by atoms with Crippen LogP contribution in [0.25, 0.3) is 33.4 Å². The maximum absolute atomic E-state index is 13.6. The van der Waals surface area contributed by atoms with Gasteiger partial charge >= 0.3 is 0 Å². The van der Waals surface area contributed by atoms with Crippen LogP contribution < -0.4 is 10.6 Å². The Morgan fingerprint density at radius 2 is 1.59 bits per heavy atom. The highest BCUT2D eigenvalue weighted by atomic mass is 32.2. The smallest absolute Gasteiger partial charge is 0.255 e. The first kappa shape index (κ1) is 30.2. The summed E-state index contributed by atoms with van der Waals surface area (Å²) < 4.78 is 71.7. The zero-order valence-electron chi connectivity index (χ0n) is 23.3. The highest BCUT2D eigenvalue weighted by molar-refractivity contribution is 7.91. The SMILES string of the molecule is CNC(=O)c1c(-c2ccc(F)cc2)oc2cc(NC(CN(C(C)C)S(C)(=O)=O)S(C)(=O)=O)c(-c3ccccc3)cc12. The summed E-state index contributed by atoms with van der Waals surface area (Å²) >= 11 is 0. The number of rotatable bonds is 10. The summed E-state index contributed by atoms with van der Waals surface area (Å²) in [5, 5.41) is 4.83. The summed E-state index contributed by atoms with van der Waals surface area (Å²) in [5.41, 5.74) is 2.65. The number of hydrogen-bond acceptors (Lipinski definition) is 7. The van der Waals surface area contributed by atoms with Crippen LogP contribution in [0.3, 0.4) is 0 Å². The molecule has 3 aromatic carbocycles. The first-order valence-corrected chi connectivity index (χ1v) is 16.6. The highest BCUT2D eigenvalue weighted by Gasteiger charge is 2.31. The molecule has 1 heterocycles. The van der Waals surface area contributed by atoms with Crippen LogP contribution >= 0.6 is 0 Å². The molecule has 9 nitrogen and oxygen atoms in total. The third-order valence-electron chi connectivity index (χ3n) is 6.65. The molecule has 0 saturated heterocycles. The molecule has 1 atom stereocenters. The molecule has 0 spiro atoms. The van der Waals surface area contributed by atoms with E-state index in [4.69, 9.17) is 4.42 Å². The zero-order valence-corrected chi connectivity index (χ0v) is 24.9. The van der Waals surface area contributed by atoms with Gasteiger partial charge in [-0.3, -0.25) is 4.79 Å². The van der Waals surface area contributed by atoms with Gasteiger partial charge < -0.3 is 15.1 Å². The molecular formula is C29H32FN3O6S2. The highest BCUT2D eigenvalue weighted by Crippen LogP contribution is 2.40. The van der Waals surface area contributed by atoms with Gasteiger partial charge in [-0.2, -0.15) is 4.31 Å². The number of carbonyl (C=O) groups is 1. The molecule has 2 N–H and O–H groups in total. The number of nitrogens with zero attached hydrogens (tertiary/aromatic N) is 1. The summed E-state index contributed by atoms with van der Waals surface area (Å²) in [6.07, 6.45) is 2.07. The Bertz CT molecular complexity index is 1790. The zero-order chi connectivity index (χ0) is 30.1. The van der Waals surface area contributed by atoms with Crippen LogP contribution in [-0.4, -0.2) is 64.6 Å². The van der Waals surface area contributed by atoms with Crippen molar-refractivity contribution in [3.8, 4) is 22.5 Å². The topological polar surface area (TPSA) is 126 Å². The second kappa shape index (κ2) is 11.6. The van der Waals surface area contributed by atoms with Crippen molar-refractivity contribution in [2.45, 2.75) is 25.3 Å². The van der Waals surface area contributed by atoms with E-state index in [9.17, 15) is 26.0 Å². The van der Waals surface area contributed by atoms with E-state index in [2.05, 4.69) is 10.6 Å². The minimum absolute atomic E-state index is 0.221. The van der Waals surface area contributed by atoms with Crippen molar-refractivity contribution in [1.82, 2.24) is 9.62 Å². The predicted octanol–water partition coefficient (Wildman–Crippen LogP) is 4.72. The Kier molecular flexibility index (Phi) is 8.57. The number of benzene rings is 3. The molecule has 218 valence electrons. The molecule has 4 aromatic rings. The molecule has 0 aliphatic rings. The van der Waals surface area contributed by atoms with Crippen LogP contribution in [0.5, 0.6) is 0 Å². The van der Waals surface area contributed by atoms with Gasteiger partial charge in [0.2, 0.25) is 10.0 Å². The third-order valence-corrected chi connectivity index (χ3v) is 9.38. The molecule has 4 rings (SSSR count). The van der Waals surface area contributed by atoms with Crippen LogP contribution in [0, 0.1) is 5.82 Å². The minimum atomic E-state index is -3.82. The van der Waals surface area contributed by atoms with E-state index >= 15 is 0 Å². The lowest BCUT2D eigenvalue weighted by Crippen LogP contribution is -2.46. The number of sulfone groups is 1. The molecular weight excluding hydrogens is 569 g/mol.